The van der Waals surface area contributed by atoms with Crippen molar-refractivity contribution in [3.05, 3.63) is 35.9 Å². The van der Waals surface area contributed by atoms with Gasteiger partial charge in [0.2, 0.25) is 0 Å². The molecule has 1 unspecified atom stereocenters. The Kier molecular flexibility index (Phi) is 5.79. The van der Waals surface area contributed by atoms with Crippen molar-refractivity contribution in [2.24, 2.45) is 0 Å². The molecule has 0 fully saturated rings. The first kappa shape index (κ1) is 13.4. The smallest absolute Gasteiger partial charge is 0.841 e. The fourth-order valence-electron chi connectivity index (χ4n) is 0.938. The summed E-state index contributed by atoms with van der Waals surface area (Å²) >= 11 is 0. The molecule has 0 aliphatic carbocycles. The van der Waals surface area contributed by atoms with Crippen LogP contribution in [0.1, 0.15) is 17.3 Å². The van der Waals surface area contributed by atoms with E-state index in [1.165, 1.54) is 12.1 Å². The zero-order valence-electron chi connectivity index (χ0n) is 7.77. The number of hydrogen-bond donors (Lipinski definition) is 0. The van der Waals surface area contributed by atoms with Gasteiger partial charge in [0.15, 0.2) is 5.78 Å². The van der Waals surface area contributed by atoms with Gasteiger partial charge in [-0.3, -0.25) is 4.79 Å². The molecular weight excluding hydrogens is 372 g/mol. The Morgan fingerprint density at radius 1 is 1.21 bits per heavy atom. The van der Waals surface area contributed by atoms with Gasteiger partial charge in [0.05, 0.1) is 0 Å². The van der Waals surface area contributed by atoms with Gasteiger partial charge < -0.3 is 9.90 Å². The molecule has 1 atom stereocenters. The Morgan fingerprint density at radius 3 is 2.14 bits per heavy atom. The second-order valence-corrected chi connectivity index (χ2v) is 2.72. The second-order valence-electron chi connectivity index (χ2n) is 2.72. The van der Waals surface area contributed by atoms with Crippen LogP contribution >= 0.6 is 0 Å². The summed E-state index contributed by atoms with van der Waals surface area (Å²) in [5.74, 6) is -1.30. The normalized spacial score (nSPS) is 11.3. The summed E-state index contributed by atoms with van der Waals surface area (Å²) < 4.78 is 0. The Bertz CT molecular complexity index is 321. The average molecular weight is 382 g/mol. The monoisotopic (exact) mass is 382 g/mol. The van der Waals surface area contributed by atoms with E-state index in [0.717, 1.165) is 6.92 Å². The van der Waals surface area contributed by atoms with Crippen molar-refractivity contribution >= 4 is 38.9 Å². The summed E-state index contributed by atoms with van der Waals surface area (Å²) in [5.41, 5.74) is 0.290. The summed E-state index contributed by atoms with van der Waals surface area (Å²) in [6.45, 7) is 1.12. The number of hydrogen-bond acceptors (Lipinski definition) is 3. The van der Waals surface area contributed by atoms with Crippen LogP contribution in [0.25, 0.3) is 0 Å². The standard InChI is InChI=1S/C10H9O3.Tl/c1-7(11)9(12)10(13)8-5-3-2-4-6-8;/h2-6,9H,1H3;/q-1;+1. The van der Waals surface area contributed by atoms with Gasteiger partial charge in [-0.15, -0.1) is 0 Å². The van der Waals surface area contributed by atoms with Crippen LogP contribution in [0.15, 0.2) is 30.3 Å². The molecule has 0 bridgehead atoms. The molecule has 70 valence electrons. The van der Waals surface area contributed by atoms with Gasteiger partial charge in [-0.1, -0.05) is 30.3 Å². The fraction of sp³-hybridized carbons (Fsp3) is 0.200. The quantitative estimate of drug-likeness (QED) is 0.414. The Hall–Kier alpha value is -0.558. The molecule has 3 nitrogen and oxygen atoms in total. The summed E-state index contributed by atoms with van der Waals surface area (Å²) in [5, 5.41) is 11.0. The maximum Gasteiger partial charge on any atom is 1.00 e. The molecule has 1 aromatic carbocycles. The maximum absolute atomic E-state index is 11.3. The molecule has 0 saturated heterocycles. The van der Waals surface area contributed by atoms with E-state index in [9.17, 15) is 14.7 Å². The predicted octanol–water partition coefficient (Wildman–Crippen LogP) is -0.194. The van der Waals surface area contributed by atoms with Gasteiger partial charge in [-0.05, 0) is 6.92 Å². The first-order chi connectivity index (χ1) is 6.13. The first-order valence-electron chi connectivity index (χ1n) is 3.88. The van der Waals surface area contributed by atoms with E-state index in [4.69, 9.17) is 0 Å². The largest absolute Gasteiger partial charge is 1.00 e. The number of ketones is 2. The Labute approximate surface area is 102 Å². The number of rotatable bonds is 3. The number of benzene rings is 1. The van der Waals surface area contributed by atoms with E-state index < -0.39 is 17.7 Å². The third kappa shape index (κ3) is 3.30. The predicted molar refractivity (Wildman–Crippen MR) is 51.0 cm³/mol. The average Bonchev–Trinajstić information content (AvgIpc) is 2.17. The minimum Gasteiger partial charge on any atom is -0.841 e. The van der Waals surface area contributed by atoms with Gasteiger partial charge >= 0.3 is 27.3 Å². The van der Waals surface area contributed by atoms with Gasteiger partial charge in [0.1, 0.15) is 5.78 Å². The summed E-state index contributed by atoms with van der Waals surface area (Å²) in [4.78, 5) is 21.9. The maximum atomic E-state index is 11.3. The number of Topliss-reactive ketones (excluding diaryl/α,β-unsaturated/α-hetero) is 2. The van der Waals surface area contributed by atoms with Gasteiger partial charge in [-0.25, -0.2) is 0 Å². The summed E-state index contributed by atoms with van der Waals surface area (Å²) in [6, 6.07) is 8.09. The number of carbonyl (C=O) groups is 2. The van der Waals surface area contributed by atoms with Gasteiger partial charge in [0.25, 0.3) is 0 Å². The SMILES string of the molecule is CC(=O)C([O-])C(=O)c1ccccc1.[Tl+]. The van der Waals surface area contributed by atoms with E-state index in [2.05, 4.69) is 0 Å². The molecule has 0 aliphatic heterocycles. The van der Waals surface area contributed by atoms with E-state index in [1.54, 1.807) is 18.2 Å². The molecule has 0 aliphatic rings. The summed E-state index contributed by atoms with van der Waals surface area (Å²) in [6.07, 6.45) is -1.78. The van der Waals surface area contributed by atoms with Crippen LogP contribution in [-0.2, 0) is 4.79 Å². The van der Waals surface area contributed by atoms with Crippen LogP contribution in [-0.4, -0.2) is 45.0 Å². The molecule has 0 aromatic heterocycles. The van der Waals surface area contributed by atoms with Gasteiger partial charge in [0, 0.05) is 11.7 Å². The van der Waals surface area contributed by atoms with E-state index in [-0.39, 0.29) is 32.9 Å². The molecule has 1 aromatic rings. The van der Waals surface area contributed by atoms with Crippen molar-refractivity contribution < 1.29 is 14.7 Å². The molecule has 0 heterocycles. The van der Waals surface area contributed by atoms with Crippen molar-refractivity contribution in [3.63, 3.8) is 0 Å². The first-order valence-corrected chi connectivity index (χ1v) is 3.88. The van der Waals surface area contributed by atoms with Crippen molar-refractivity contribution in [3.8, 4) is 0 Å². The number of carbonyl (C=O) groups excluding carboxylic acids is 2. The molecule has 0 spiro atoms. The van der Waals surface area contributed by atoms with Crippen LogP contribution in [0, 0.1) is 0 Å². The van der Waals surface area contributed by atoms with E-state index in [1.807, 2.05) is 0 Å². The molecule has 0 N–H and O–H groups in total. The third-order valence-corrected chi connectivity index (χ3v) is 1.67. The van der Waals surface area contributed by atoms with Crippen molar-refractivity contribution in [1.29, 1.82) is 0 Å². The molecule has 0 amide bonds. The van der Waals surface area contributed by atoms with Crippen LogP contribution in [0.2, 0.25) is 0 Å². The minimum absolute atomic E-state index is 0. The van der Waals surface area contributed by atoms with Crippen LogP contribution in [0.4, 0.5) is 0 Å². The van der Waals surface area contributed by atoms with Crippen molar-refractivity contribution in [2.45, 2.75) is 13.0 Å². The van der Waals surface area contributed by atoms with E-state index in [0.29, 0.717) is 0 Å². The third-order valence-electron chi connectivity index (χ3n) is 1.67. The molecule has 0 saturated carbocycles. The molecule has 4 heteroatoms. The van der Waals surface area contributed by atoms with Crippen LogP contribution in [0.3, 0.4) is 0 Å². The molecular formula is C10H9O3Tl. The fourth-order valence-corrected chi connectivity index (χ4v) is 0.938. The molecule has 0 radical (unpaired) electrons. The van der Waals surface area contributed by atoms with Gasteiger partial charge in [-0.2, -0.15) is 0 Å². The topological polar surface area (TPSA) is 57.2 Å². The van der Waals surface area contributed by atoms with E-state index >= 15 is 0 Å². The molecule has 14 heavy (non-hydrogen) atoms. The summed E-state index contributed by atoms with van der Waals surface area (Å²) in [7, 11) is 0. The zero-order chi connectivity index (χ0) is 9.84. The molecule has 1 rings (SSSR count). The van der Waals surface area contributed by atoms with Crippen LogP contribution < -0.4 is 5.11 Å². The Morgan fingerprint density at radius 2 is 1.71 bits per heavy atom. The second kappa shape index (κ2) is 6.03. The van der Waals surface area contributed by atoms with Crippen LogP contribution in [0.5, 0.6) is 0 Å². The van der Waals surface area contributed by atoms with Crippen molar-refractivity contribution in [1.82, 2.24) is 0 Å². The van der Waals surface area contributed by atoms with Crippen molar-refractivity contribution in [2.75, 3.05) is 0 Å². The Balaban J connectivity index is 0.00000169. The zero-order valence-corrected chi connectivity index (χ0v) is 12.3. The minimum atomic E-state index is -1.78.